The summed E-state index contributed by atoms with van der Waals surface area (Å²) < 4.78 is 25.9. The molecule has 1 N–H and O–H groups in total. The molecule has 2 aromatic carbocycles. The highest BCUT2D eigenvalue weighted by Crippen LogP contribution is 2.30. The van der Waals surface area contributed by atoms with Crippen molar-refractivity contribution in [2.45, 2.75) is 19.8 Å². The van der Waals surface area contributed by atoms with Crippen molar-refractivity contribution in [3.63, 3.8) is 0 Å². The second-order valence-electron chi connectivity index (χ2n) is 6.91. The maximum atomic E-state index is 12.8. The number of anilines is 3. The summed E-state index contributed by atoms with van der Waals surface area (Å²) in [6.45, 7) is 1.88. The van der Waals surface area contributed by atoms with Gasteiger partial charge in [0.1, 0.15) is 6.54 Å². The molecule has 3 rings (SSSR count). The number of fused-ring (bicyclic) bond motifs is 1. The van der Waals surface area contributed by atoms with Crippen LogP contribution in [0.2, 0.25) is 5.02 Å². The zero-order chi connectivity index (χ0) is 21.2. The van der Waals surface area contributed by atoms with Gasteiger partial charge in [-0.15, -0.1) is 0 Å². The highest BCUT2D eigenvalue weighted by atomic mass is 35.5. The van der Waals surface area contributed by atoms with E-state index in [4.69, 9.17) is 11.6 Å². The van der Waals surface area contributed by atoms with Crippen LogP contribution in [0.3, 0.4) is 0 Å². The van der Waals surface area contributed by atoms with Crippen molar-refractivity contribution in [3.8, 4) is 0 Å². The Labute approximate surface area is 175 Å². The maximum Gasteiger partial charge on any atom is 0.244 e. The average molecular weight is 436 g/mol. The Kier molecular flexibility index (Phi) is 6.14. The van der Waals surface area contributed by atoms with Gasteiger partial charge in [-0.3, -0.25) is 13.9 Å². The van der Waals surface area contributed by atoms with E-state index in [1.807, 2.05) is 0 Å². The first kappa shape index (κ1) is 21.1. The molecule has 0 spiro atoms. The van der Waals surface area contributed by atoms with Crippen molar-refractivity contribution in [1.29, 1.82) is 0 Å². The largest absolute Gasteiger partial charge is 0.323 e. The Bertz CT molecular complexity index is 1060. The fourth-order valence-electron chi connectivity index (χ4n) is 3.28. The van der Waals surface area contributed by atoms with Gasteiger partial charge in [-0.2, -0.15) is 0 Å². The molecule has 154 valence electrons. The van der Waals surface area contributed by atoms with E-state index in [1.54, 1.807) is 49.4 Å². The van der Waals surface area contributed by atoms with E-state index in [2.05, 4.69) is 5.32 Å². The molecule has 2 aromatic rings. The van der Waals surface area contributed by atoms with Gasteiger partial charge >= 0.3 is 0 Å². The molecule has 0 radical (unpaired) electrons. The van der Waals surface area contributed by atoms with Gasteiger partial charge in [-0.25, -0.2) is 8.42 Å². The molecule has 9 heteroatoms. The van der Waals surface area contributed by atoms with E-state index in [1.165, 1.54) is 9.21 Å². The lowest BCUT2D eigenvalue weighted by atomic mass is 10.1. The summed E-state index contributed by atoms with van der Waals surface area (Å²) in [6.07, 6.45) is 1.53. The first-order chi connectivity index (χ1) is 13.7. The molecule has 0 saturated heterocycles. The van der Waals surface area contributed by atoms with Crippen molar-refractivity contribution in [2.24, 2.45) is 0 Å². The van der Waals surface area contributed by atoms with E-state index >= 15 is 0 Å². The number of hydrogen-bond acceptors (Lipinski definition) is 4. The Morgan fingerprint density at radius 1 is 1.24 bits per heavy atom. The lowest BCUT2D eigenvalue weighted by Crippen LogP contribution is -2.42. The van der Waals surface area contributed by atoms with Gasteiger partial charge in [0.15, 0.2) is 0 Å². The highest BCUT2D eigenvalue weighted by Gasteiger charge is 2.27. The van der Waals surface area contributed by atoms with E-state index in [9.17, 15) is 18.0 Å². The van der Waals surface area contributed by atoms with Crippen LogP contribution in [0.15, 0.2) is 42.5 Å². The van der Waals surface area contributed by atoms with Crippen LogP contribution in [0.1, 0.15) is 18.4 Å². The summed E-state index contributed by atoms with van der Waals surface area (Å²) in [7, 11) is -3.55. The first-order valence-corrected chi connectivity index (χ1v) is 11.3. The minimum Gasteiger partial charge on any atom is -0.323 e. The van der Waals surface area contributed by atoms with E-state index in [0.717, 1.165) is 11.8 Å². The summed E-state index contributed by atoms with van der Waals surface area (Å²) in [6, 6.07) is 12.1. The third-order valence-corrected chi connectivity index (χ3v) is 6.08. The number of nitrogens with one attached hydrogen (secondary N) is 1. The van der Waals surface area contributed by atoms with Crippen molar-refractivity contribution in [3.05, 3.63) is 53.1 Å². The van der Waals surface area contributed by atoms with Crippen LogP contribution >= 0.6 is 11.6 Å². The summed E-state index contributed by atoms with van der Waals surface area (Å²) in [5.74, 6) is -0.493. The van der Waals surface area contributed by atoms with Crippen molar-refractivity contribution >= 4 is 50.5 Å². The fraction of sp³-hybridized carbons (Fsp3) is 0.300. The van der Waals surface area contributed by atoms with Crippen molar-refractivity contribution in [1.82, 2.24) is 0 Å². The molecule has 7 nitrogen and oxygen atoms in total. The molecule has 0 aromatic heterocycles. The molecule has 2 amide bonds. The minimum absolute atomic E-state index is 0.0565. The van der Waals surface area contributed by atoms with Crippen LogP contribution in [-0.2, 0) is 19.6 Å². The van der Waals surface area contributed by atoms with Gasteiger partial charge in [-0.05, 0) is 43.2 Å². The number of halogens is 1. The van der Waals surface area contributed by atoms with E-state index in [0.29, 0.717) is 28.5 Å². The summed E-state index contributed by atoms with van der Waals surface area (Å²) in [5.41, 5.74) is 2.50. The van der Waals surface area contributed by atoms with Crippen LogP contribution in [0, 0.1) is 6.92 Å². The van der Waals surface area contributed by atoms with Crippen LogP contribution in [-0.4, -0.2) is 39.6 Å². The van der Waals surface area contributed by atoms with Crippen LogP contribution in [0.25, 0.3) is 0 Å². The topological polar surface area (TPSA) is 86.8 Å². The number of sulfonamides is 1. The molecule has 1 aliphatic heterocycles. The third-order valence-electron chi connectivity index (χ3n) is 4.66. The van der Waals surface area contributed by atoms with Gasteiger partial charge in [0.05, 0.1) is 23.3 Å². The van der Waals surface area contributed by atoms with Gasteiger partial charge in [0, 0.05) is 18.0 Å². The van der Waals surface area contributed by atoms with Gasteiger partial charge in [-0.1, -0.05) is 29.8 Å². The minimum atomic E-state index is -3.55. The smallest absolute Gasteiger partial charge is 0.244 e. The number of para-hydroxylation sites is 2. The summed E-state index contributed by atoms with van der Waals surface area (Å²) in [4.78, 5) is 26.1. The lowest BCUT2D eigenvalue weighted by Gasteiger charge is -2.29. The van der Waals surface area contributed by atoms with Crippen LogP contribution in [0.5, 0.6) is 0 Å². The monoisotopic (exact) mass is 435 g/mol. The molecule has 0 atom stereocenters. The van der Waals surface area contributed by atoms with Crippen LogP contribution in [0.4, 0.5) is 17.1 Å². The number of carbonyl (C=O) groups is 2. The predicted molar refractivity (Wildman–Crippen MR) is 115 cm³/mol. The second-order valence-corrected chi connectivity index (χ2v) is 9.26. The molecular weight excluding hydrogens is 414 g/mol. The maximum absolute atomic E-state index is 12.8. The SMILES string of the molecule is Cc1ccc(Cl)cc1N(CCCC(=O)N1CC(=O)Nc2ccccc21)S(C)(=O)=O. The van der Waals surface area contributed by atoms with Gasteiger partial charge in [0.2, 0.25) is 21.8 Å². The van der Waals surface area contributed by atoms with E-state index in [-0.39, 0.29) is 31.3 Å². The Morgan fingerprint density at radius 2 is 1.97 bits per heavy atom. The van der Waals surface area contributed by atoms with E-state index < -0.39 is 10.0 Å². The highest BCUT2D eigenvalue weighted by molar-refractivity contribution is 7.92. The predicted octanol–water partition coefficient (Wildman–Crippen LogP) is 3.18. The Hall–Kier alpha value is -2.58. The number of amides is 2. The lowest BCUT2D eigenvalue weighted by molar-refractivity contribution is -0.121. The molecule has 1 aliphatic rings. The summed E-state index contributed by atoms with van der Waals surface area (Å²) in [5, 5.41) is 3.18. The van der Waals surface area contributed by atoms with Crippen LogP contribution < -0.4 is 14.5 Å². The zero-order valence-corrected chi connectivity index (χ0v) is 17.8. The number of nitrogens with zero attached hydrogens (tertiary/aromatic N) is 2. The van der Waals surface area contributed by atoms with Gasteiger partial charge in [0.25, 0.3) is 0 Å². The standard InChI is InChI=1S/C20H22ClN3O4S/c1-14-9-10-15(21)12-18(14)24(29(2,27)28)11-5-8-20(26)23-13-19(25)22-16-6-3-4-7-17(16)23/h3-4,6-7,9-10,12H,5,8,11,13H2,1-2H3,(H,22,25). The Morgan fingerprint density at radius 3 is 2.69 bits per heavy atom. The number of benzene rings is 2. The molecule has 0 fully saturated rings. The number of hydrogen-bond donors (Lipinski definition) is 1. The molecule has 0 aliphatic carbocycles. The normalized spacial score (nSPS) is 13.6. The Balaban J connectivity index is 1.73. The second kappa shape index (κ2) is 8.42. The molecular formula is C20H22ClN3O4S. The number of rotatable bonds is 6. The molecule has 29 heavy (non-hydrogen) atoms. The molecule has 0 bridgehead atoms. The van der Waals surface area contributed by atoms with Gasteiger partial charge < -0.3 is 10.2 Å². The number of carbonyl (C=O) groups excluding carboxylic acids is 2. The average Bonchev–Trinajstić information content (AvgIpc) is 2.65. The zero-order valence-electron chi connectivity index (χ0n) is 16.2. The summed E-state index contributed by atoms with van der Waals surface area (Å²) >= 11 is 6.04. The van der Waals surface area contributed by atoms with Crippen molar-refractivity contribution < 1.29 is 18.0 Å². The van der Waals surface area contributed by atoms with Crippen molar-refractivity contribution in [2.75, 3.05) is 33.9 Å². The quantitative estimate of drug-likeness (QED) is 0.754. The molecule has 0 unspecified atom stereocenters. The first-order valence-electron chi connectivity index (χ1n) is 9.10. The number of aryl methyl sites for hydroxylation is 1. The fourth-order valence-corrected chi connectivity index (χ4v) is 4.46. The third kappa shape index (κ3) is 4.89. The molecule has 1 heterocycles. The molecule has 0 saturated carbocycles.